The van der Waals surface area contributed by atoms with Crippen molar-refractivity contribution in [3.63, 3.8) is 0 Å². The van der Waals surface area contributed by atoms with E-state index in [-0.39, 0.29) is 18.2 Å². The second kappa shape index (κ2) is 5.38. The van der Waals surface area contributed by atoms with E-state index in [1.807, 2.05) is 0 Å². The molecule has 1 rings (SSSR count). The Morgan fingerprint density at radius 1 is 1.28 bits per heavy atom. The zero-order chi connectivity index (χ0) is 13.9. The van der Waals surface area contributed by atoms with Crippen LogP contribution in [0.4, 0.5) is 24.8 Å². The minimum absolute atomic E-state index is 0.103. The van der Waals surface area contributed by atoms with Gasteiger partial charge >= 0.3 is 6.18 Å². The van der Waals surface area contributed by atoms with Gasteiger partial charge in [0.2, 0.25) is 0 Å². The lowest BCUT2D eigenvalue weighted by Gasteiger charge is -2.26. The number of aromatic nitrogens is 2. The highest BCUT2D eigenvalue weighted by molar-refractivity contribution is 5.56. The number of aliphatic hydroxyl groups excluding tert-OH is 1. The Labute approximate surface area is 102 Å². The molecule has 8 heteroatoms. The summed E-state index contributed by atoms with van der Waals surface area (Å²) in [6, 6.07) is 0. The lowest BCUT2D eigenvalue weighted by Crippen LogP contribution is -2.37. The van der Waals surface area contributed by atoms with Gasteiger partial charge in [-0.1, -0.05) is 0 Å². The average Bonchev–Trinajstić information content (AvgIpc) is 2.21. The topological polar surface area (TPSA) is 75.3 Å². The van der Waals surface area contributed by atoms with Crippen LogP contribution < -0.4 is 10.6 Å². The van der Waals surface area contributed by atoms with Gasteiger partial charge in [-0.2, -0.15) is 13.2 Å². The van der Waals surface area contributed by atoms with Crippen LogP contribution in [0.1, 0.15) is 11.4 Å². The first-order chi connectivity index (χ1) is 8.24. The lowest BCUT2D eigenvalue weighted by atomic mass is 10.2. The summed E-state index contributed by atoms with van der Waals surface area (Å²) in [5.41, 5.74) is 5.97. The van der Waals surface area contributed by atoms with Gasteiger partial charge in [-0.05, 0) is 13.8 Å². The van der Waals surface area contributed by atoms with Crippen LogP contribution in [0.15, 0.2) is 0 Å². The summed E-state index contributed by atoms with van der Waals surface area (Å²) in [5.74, 6) is 0.534. The molecule has 0 bridgehead atoms. The van der Waals surface area contributed by atoms with Crippen LogP contribution in [0.3, 0.4) is 0 Å². The molecule has 102 valence electrons. The fourth-order valence-corrected chi connectivity index (χ4v) is 1.54. The first kappa shape index (κ1) is 14.5. The molecular formula is C10H15F3N4O. The van der Waals surface area contributed by atoms with E-state index in [9.17, 15) is 13.2 Å². The quantitative estimate of drug-likeness (QED) is 0.849. The normalized spacial score (nSPS) is 11.7. The number of nitrogen functional groups attached to an aromatic ring is 1. The van der Waals surface area contributed by atoms with Crippen molar-refractivity contribution in [2.24, 2.45) is 0 Å². The van der Waals surface area contributed by atoms with Crippen LogP contribution >= 0.6 is 0 Å². The van der Waals surface area contributed by atoms with Crippen LogP contribution in [0.5, 0.6) is 0 Å². The van der Waals surface area contributed by atoms with Gasteiger partial charge in [-0.25, -0.2) is 9.97 Å². The molecule has 0 spiro atoms. The summed E-state index contributed by atoms with van der Waals surface area (Å²) in [7, 11) is 0. The summed E-state index contributed by atoms with van der Waals surface area (Å²) in [5, 5.41) is 8.84. The lowest BCUT2D eigenvalue weighted by molar-refractivity contribution is -0.120. The molecule has 0 amide bonds. The molecule has 1 heterocycles. The molecule has 18 heavy (non-hydrogen) atoms. The number of aliphatic hydroxyl groups is 1. The molecule has 0 saturated heterocycles. The second-order valence-electron chi connectivity index (χ2n) is 3.87. The molecule has 0 saturated carbocycles. The molecule has 0 aliphatic carbocycles. The van der Waals surface area contributed by atoms with Gasteiger partial charge in [0, 0.05) is 12.1 Å². The second-order valence-corrected chi connectivity index (χ2v) is 3.87. The maximum absolute atomic E-state index is 12.4. The molecule has 0 aliphatic heterocycles. The van der Waals surface area contributed by atoms with Crippen molar-refractivity contribution in [2.45, 2.75) is 20.0 Å². The third-order valence-corrected chi connectivity index (χ3v) is 2.31. The fraction of sp³-hybridized carbons (Fsp3) is 0.600. The van der Waals surface area contributed by atoms with Gasteiger partial charge in [-0.3, -0.25) is 0 Å². The molecule has 0 atom stereocenters. The van der Waals surface area contributed by atoms with Gasteiger partial charge in [-0.15, -0.1) is 0 Å². The minimum atomic E-state index is -4.38. The molecule has 0 aromatic carbocycles. The van der Waals surface area contributed by atoms with Crippen LogP contribution in [0, 0.1) is 13.8 Å². The van der Waals surface area contributed by atoms with Crippen LogP contribution in [-0.2, 0) is 0 Å². The minimum Gasteiger partial charge on any atom is -0.395 e. The number of nitrogens with two attached hydrogens (primary N) is 1. The van der Waals surface area contributed by atoms with Crippen molar-refractivity contribution in [2.75, 3.05) is 30.3 Å². The van der Waals surface area contributed by atoms with Crippen LogP contribution in [0.2, 0.25) is 0 Å². The SMILES string of the molecule is Cc1nc(N)c(C)c(N(CCO)CC(F)(F)F)n1. The van der Waals surface area contributed by atoms with Crippen molar-refractivity contribution in [1.82, 2.24) is 9.97 Å². The summed E-state index contributed by atoms with van der Waals surface area (Å²) in [6.07, 6.45) is -4.38. The van der Waals surface area contributed by atoms with Crippen molar-refractivity contribution >= 4 is 11.6 Å². The Bertz CT molecular complexity index is 422. The number of aryl methyl sites for hydroxylation is 1. The van der Waals surface area contributed by atoms with Gasteiger partial charge in [0.1, 0.15) is 24.0 Å². The van der Waals surface area contributed by atoms with Gasteiger partial charge in [0.05, 0.1) is 6.61 Å². The van der Waals surface area contributed by atoms with Crippen LogP contribution in [0.25, 0.3) is 0 Å². The van der Waals surface area contributed by atoms with Crippen molar-refractivity contribution < 1.29 is 18.3 Å². The van der Waals surface area contributed by atoms with Crippen molar-refractivity contribution in [3.05, 3.63) is 11.4 Å². The predicted octanol–water partition coefficient (Wildman–Crippen LogP) is 1.04. The van der Waals surface area contributed by atoms with E-state index < -0.39 is 19.3 Å². The number of alkyl halides is 3. The summed E-state index contributed by atoms with van der Waals surface area (Å²) in [6.45, 7) is 1.33. The molecule has 0 unspecified atom stereocenters. The molecule has 1 aromatic rings. The highest BCUT2D eigenvalue weighted by Crippen LogP contribution is 2.25. The van der Waals surface area contributed by atoms with Gasteiger partial charge in [0.25, 0.3) is 0 Å². The van der Waals surface area contributed by atoms with Crippen molar-refractivity contribution in [1.29, 1.82) is 0 Å². The number of hydrogen-bond donors (Lipinski definition) is 2. The first-order valence-electron chi connectivity index (χ1n) is 5.28. The Morgan fingerprint density at radius 3 is 2.39 bits per heavy atom. The maximum atomic E-state index is 12.4. The van der Waals surface area contributed by atoms with E-state index in [1.54, 1.807) is 13.8 Å². The Hall–Kier alpha value is -1.57. The smallest absolute Gasteiger partial charge is 0.395 e. The summed E-state index contributed by atoms with van der Waals surface area (Å²) in [4.78, 5) is 8.77. The zero-order valence-corrected chi connectivity index (χ0v) is 10.1. The highest BCUT2D eigenvalue weighted by Gasteiger charge is 2.32. The average molecular weight is 264 g/mol. The van der Waals surface area contributed by atoms with E-state index in [0.717, 1.165) is 4.90 Å². The van der Waals surface area contributed by atoms with E-state index >= 15 is 0 Å². The maximum Gasteiger partial charge on any atom is 0.405 e. The van der Waals surface area contributed by atoms with Crippen molar-refractivity contribution in [3.8, 4) is 0 Å². The highest BCUT2D eigenvalue weighted by atomic mass is 19.4. The first-order valence-corrected chi connectivity index (χ1v) is 5.28. The fourth-order valence-electron chi connectivity index (χ4n) is 1.54. The van der Waals surface area contributed by atoms with E-state index in [1.165, 1.54) is 0 Å². The zero-order valence-electron chi connectivity index (χ0n) is 10.1. The van der Waals surface area contributed by atoms with Crippen LogP contribution in [-0.4, -0.2) is 40.9 Å². The Kier molecular flexibility index (Phi) is 4.33. The molecular weight excluding hydrogens is 249 g/mol. The number of anilines is 2. The van der Waals surface area contributed by atoms with Gasteiger partial charge in [0.15, 0.2) is 0 Å². The predicted molar refractivity (Wildman–Crippen MR) is 61.3 cm³/mol. The third-order valence-electron chi connectivity index (χ3n) is 2.31. The summed E-state index contributed by atoms with van der Waals surface area (Å²) >= 11 is 0. The Balaban J connectivity index is 3.13. The van der Waals surface area contributed by atoms with Gasteiger partial charge < -0.3 is 15.7 Å². The molecule has 0 radical (unpaired) electrons. The van der Waals surface area contributed by atoms with E-state index in [2.05, 4.69) is 9.97 Å². The summed E-state index contributed by atoms with van der Waals surface area (Å²) < 4.78 is 37.3. The molecule has 0 fully saturated rings. The number of hydrogen-bond acceptors (Lipinski definition) is 5. The molecule has 1 aromatic heterocycles. The van der Waals surface area contributed by atoms with E-state index in [0.29, 0.717) is 11.4 Å². The number of halogens is 3. The third kappa shape index (κ3) is 3.73. The monoisotopic (exact) mass is 264 g/mol. The standard InChI is InChI=1S/C10H15F3N4O/c1-6-8(14)15-7(2)16-9(6)17(3-4-18)5-10(11,12)13/h18H,3-5H2,1-2H3,(H2,14,15,16). The molecule has 3 N–H and O–H groups in total. The Morgan fingerprint density at radius 2 is 1.89 bits per heavy atom. The number of nitrogens with zero attached hydrogens (tertiary/aromatic N) is 3. The molecule has 0 aliphatic rings. The molecule has 5 nitrogen and oxygen atoms in total. The number of rotatable bonds is 4. The largest absolute Gasteiger partial charge is 0.405 e. The van der Waals surface area contributed by atoms with E-state index in [4.69, 9.17) is 10.8 Å².